The number of ether oxygens (including phenoxy) is 3. The van der Waals surface area contributed by atoms with Crippen molar-refractivity contribution < 1.29 is 75.6 Å². The van der Waals surface area contributed by atoms with Gasteiger partial charge in [0.2, 0.25) is 0 Å². The molecule has 3 aliphatic heterocycles. The van der Waals surface area contributed by atoms with Crippen LogP contribution in [0.3, 0.4) is 0 Å². The van der Waals surface area contributed by atoms with E-state index >= 15 is 0 Å². The molecular formula is C34H33N6O18P3S. The number of nitrogens with zero attached hydrogens (tertiary/aromatic N) is 1. The van der Waals surface area contributed by atoms with E-state index in [1.165, 1.54) is 0 Å². The molecule has 328 valence electrons. The maximum atomic E-state index is 13.5. The highest BCUT2D eigenvalue weighted by atomic mass is 32.1. The van der Waals surface area contributed by atoms with Crippen LogP contribution in [0.1, 0.15) is 38.8 Å². The lowest BCUT2D eigenvalue weighted by atomic mass is 9.77. The molecule has 1 spiro atoms. The number of nitrogens with one attached hydrogen (secondary N) is 3. The molecule has 62 heavy (non-hydrogen) atoms. The summed E-state index contributed by atoms with van der Waals surface area (Å²) >= 11 is 5.48. The Kier molecular flexibility index (Phi) is 12.2. The number of hydrogen-bond acceptors (Lipinski definition) is 18. The van der Waals surface area contributed by atoms with Gasteiger partial charge < -0.3 is 60.8 Å². The van der Waals surface area contributed by atoms with Crippen LogP contribution in [-0.2, 0) is 41.9 Å². The molecule has 2 unspecified atom stereocenters. The fourth-order valence-electron chi connectivity index (χ4n) is 6.75. The number of hydrogen-bond donors (Lipinski definition) is 11. The molecule has 24 nitrogen and oxygen atoms in total. The highest BCUT2D eigenvalue weighted by Gasteiger charge is 2.54. The molecule has 3 aromatic carbocycles. The van der Waals surface area contributed by atoms with Gasteiger partial charge in [-0.2, -0.15) is 8.62 Å². The van der Waals surface area contributed by atoms with E-state index in [9.17, 15) is 48.1 Å². The molecule has 4 heterocycles. The lowest BCUT2D eigenvalue weighted by molar-refractivity contribution is -0.0542. The number of thiocarbonyl (C=S) groups is 1. The molecule has 1 fully saturated rings. The smallest absolute Gasteiger partial charge is 0.456 e. The number of rotatable bonds is 12. The van der Waals surface area contributed by atoms with Crippen molar-refractivity contribution in [2.45, 2.75) is 30.1 Å². The molecule has 0 saturated carbocycles. The molecule has 7 rings (SSSR count). The standard InChI is InChI=1S/C34H33N6O18P3S/c35-17-3-6-22-24(10-17)54-25-11-18(36)4-7-23(25)34(22)21-8-5-19(12-20(21)32(44)56-34)38-27(62)13-37-9-1-2-16-14-40(33(45)39-30(16)43)31-29(42)28(41)26(55-31)15-53-60(49,50)58-61(51,52)57-59(46,47)48/h3-8,10-12,14,26,28-29,31,37,41-42H,9,13,15,35-36H2,(H,38,62)(H,49,50)(H,51,52)(H,39,43,45)(H2,46,47,48)/t26-,28-,29-,31-/m1/s1. The summed E-state index contributed by atoms with van der Waals surface area (Å²) in [5.41, 5.74) is 11.8. The van der Waals surface area contributed by atoms with Crippen LogP contribution in [0, 0.1) is 11.8 Å². The Balaban J connectivity index is 0.973. The molecule has 28 heteroatoms. The van der Waals surface area contributed by atoms with Crippen molar-refractivity contribution in [3.63, 3.8) is 0 Å². The minimum Gasteiger partial charge on any atom is -0.456 e. The van der Waals surface area contributed by atoms with Crippen molar-refractivity contribution in [2.75, 3.05) is 36.5 Å². The number of nitrogen functional groups attached to an aromatic ring is 2. The summed E-state index contributed by atoms with van der Waals surface area (Å²) in [5, 5.41) is 27.0. The van der Waals surface area contributed by atoms with Crippen LogP contribution >= 0.6 is 35.7 Å². The van der Waals surface area contributed by atoms with Gasteiger partial charge in [-0.1, -0.05) is 30.1 Å². The molecule has 0 aliphatic carbocycles. The number of nitrogens with two attached hydrogens (primary N) is 2. The summed E-state index contributed by atoms with van der Waals surface area (Å²) in [4.78, 5) is 77.2. The number of phosphoric acid groups is 3. The Labute approximate surface area is 352 Å². The quantitative estimate of drug-likeness (QED) is 0.0231. The van der Waals surface area contributed by atoms with Gasteiger partial charge >= 0.3 is 35.1 Å². The van der Waals surface area contributed by atoms with Crippen molar-refractivity contribution in [1.82, 2.24) is 14.9 Å². The van der Waals surface area contributed by atoms with E-state index in [1.807, 2.05) is 4.98 Å². The van der Waals surface area contributed by atoms with Crippen molar-refractivity contribution in [2.24, 2.45) is 0 Å². The third kappa shape index (κ3) is 9.31. The molecule has 1 aromatic heterocycles. The average Bonchev–Trinajstić information content (AvgIpc) is 3.60. The number of aromatic nitrogens is 2. The van der Waals surface area contributed by atoms with Crippen molar-refractivity contribution >= 4 is 63.7 Å². The van der Waals surface area contributed by atoms with Crippen molar-refractivity contribution in [3.05, 3.63) is 109 Å². The third-order valence-electron chi connectivity index (χ3n) is 9.26. The van der Waals surface area contributed by atoms with Gasteiger partial charge in [0, 0.05) is 58.6 Å². The van der Waals surface area contributed by atoms with Crippen molar-refractivity contribution in [1.29, 1.82) is 0 Å². The third-order valence-corrected chi connectivity index (χ3v) is 13.3. The average molecular weight is 939 g/mol. The van der Waals surface area contributed by atoms with Crippen LogP contribution < -0.4 is 38.1 Å². The molecule has 3 aliphatic rings. The summed E-state index contributed by atoms with van der Waals surface area (Å²) in [6, 6.07) is 15.2. The maximum absolute atomic E-state index is 13.5. The molecule has 13 N–H and O–H groups in total. The number of carbonyl (C=O) groups is 1. The normalized spacial score (nSPS) is 21.5. The predicted octanol–water partition coefficient (Wildman–Crippen LogP) is 0.612. The summed E-state index contributed by atoms with van der Waals surface area (Å²) in [5.74, 6) is 5.44. The van der Waals surface area contributed by atoms with E-state index in [0.29, 0.717) is 54.8 Å². The number of aromatic amines is 1. The Morgan fingerprint density at radius 1 is 0.903 bits per heavy atom. The molecule has 0 bridgehead atoms. The minimum absolute atomic E-state index is 0.0424. The van der Waals surface area contributed by atoms with Gasteiger partial charge in [0.05, 0.1) is 23.7 Å². The van der Waals surface area contributed by atoms with Crippen LogP contribution in [0.25, 0.3) is 0 Å². The zero-order valence-electron chi connectivity index (χ0n) is 31.1. The highest BCUT2D eigenvalue weighted by molar-refractivity contribution is 7.80. The fraction of sp³-hybridized carbons (Fsp3) is 0.235. The van der Waals surface area contributed by atoms with Crippen LogP contribution in [0.15, 0.2) is 70.4 Å². The SMILES string of the molecule is Nc1ccc2c(c1)Oc1cc(N)ccc1C21OC(=O)c2cc(NC(=S)CNCC#Cc3cn([C@@H]4O[C@H](COP(=O)(O)OP(=O)(O)OP(=O)(O)O)[C@@H](O)[C@H]4O)c(=O)[nH]c3=O)ccc21. The summed E-state index contributed by atoms with van der Waals surface area (Å²) < 4.78 is 64.5. The molecule has 0 amide bonds. The Bertz CT molecular complexity index is 2790. The number of esters is 1. The second kappa shape index (κ2) is 16.9. The fourth-order valence-corrected chi connectivity index (χ4v) is 10.0. The van der Waals surface area contributed by atoms with E-state index in [2.05, 4.69) is 35.6 Å². The van der Waals surface area contributed by atoms with E-state index in [0.717, 1.165) is 6.20 Å². The molecule has 6 atom stereocenters. The lowest BCUT2D eigenvalue weighted by Gasteiger charge is -2.36. The van der Waals surface area contributed by atoms with Gasteiger partial charge in [-0.05, 0) is 36.4 Å². The largest absolute Gasteiger partial charge is 0.490 e. The van der Waals surface area contributed by atoms with Gasteiger partial charge in [-0.3, -0.25) is 24.2 Å². The monoisotopic (exact) mass is 938 g/mol. The second-order valence-electron chi connectivity index (χ2n) is 13.5. The Hall–Kier alpha value is -5.09. The predicted molar refractivity (Wildman–Crippen MR) is 217 cm³/mol. The lowest BCUT2D eigenvalue weighted by Crippen LogP contribution is -2.38. The van der Waals surface area contributed by atoms with E-state index in [4.69, 9.17) is 47.7 Å². The summed E-state index contributed by atoms with van der Waals surface area (Å²) in [6.45, 7) is -1.11. The summed E-state index contributed by atoms with van der Waals surface area (Å²) in [7, 11) is -17.1. The second-order valence-corrected chi connectivity index (χ2v) is 18.5. The Morgan fingerprint density at radius 3 is 2.19 bits per heavy atom. The number of benzene rings is 3. The molecule has 0 radical (unpaired) electrons. The number of aliphatic hydroxyl groups excluding tert-OH is 2. The number of H-pyrrole nitrogens is 1. The topological polar surface area (TPSA) is 376 Å². The van der Waals surface area contributed by atoms with Gasteiger partial charge in [-0.25, -0.2) is 23.3 Å². The zero-order chi connectivity index (χ0) is 44.9. The van der Waals surface area contributed by atoms with Crippen LogP contribution in [0.5, 0.6) is 11.5 Å². The molecule has 1 saturated heterocycles. The Morgan fingerprint density at radius 2 is 1.55 bits per heavy atom. The van der Waals surface area contributed by atoms with E-state index in [-0.39, 0.29) is 24.2 Å². The van der Waals surface area contributed by atoms with Crippen LogP contribution in [-0.4, -0.2) is 88.3 Å². The number of carbonyl (C=O) groups excluding carboxylic acids is 1. The first-order chi connectivity index (χ1) is 29.1. The zero-order valence-corrected chi connectivity index (χ0v) is 34.6. The number of phosphoric ester groups is 1. The number of anilines is 3. The highest BCUT2D eigenvalue weighted by Crippen LogP contribution is 2.66. The van der Waals surface area contributed by atoms with Gasteiger partial charge in [0.15, 0.2) is 11.8 Å². The minimum atomic E-state index is -5.84. The molecule has 4 aromatic rings. The van der Waals surface area contributed by atoms with Crippen molar-refractivity contribution in [3.8, 4) is 23.3 Å². The first-order valence-electron chi connectivity index (χ1n) is 17.6. The first-order valence-corrected chi connectivity index (χ1v) is 22.5. The first kappa shape index (κ1) is 44.9. The number of fused-ring (bicyclic) bond motifs is 6. The van der Waals surface area contributed by atoms with Gasteiger partial charge in [0.1, 0.15) is 35.4 Å². The van der Waals surface area contributed by atoms with Crippen LogP contribution in [0.2, 0.25) is 0 Å². The van der Waals surface area contributed by atoms with Gasteiger partial charge in [-0.15, -0.1) is 0 Å². The van der Waals surface area contributed by atoms with Crippen LogP contribution in [0.4, 0.5) is 17.1 Å². The summed E-state index contributed by atoms with van der Waals surface area (Å²) in [6.07, 6.45) is -6.38. The van der Waals surface area contributed by atoms with E-state index < -0.39 is 77.4 Å². The van der Waals surface area contributed by atoms with E-state index in [1.54, 1.807) is 54.6 Å². The van der Waals surface area contributed by atoms with Gasteiger partial charge in [0.25, 0.3) is 5.56 Å². The number of aliphatic hydroxyl groups is 2. The maximum Gasteiger partial charge on any atom is 0.490 e. The molecular weight excluding hydrogens is 905 g/mol.